The molecular formula is C17H15N5O4S. The third-order valence-electron chi connectivity index (χ3n) is 3.53. The van der Waals surface area contributed by atoms with Crippen LogP contribution in [0.15, 0.2) is 52.6 Å². The summed E-state index contributed by atoms with van der Waals surface area (Å²) in [6.07, 6.45) is 2.44. The summed E-state index contributed by atoms with van der Waals surface area (Å²) in [6.45, 7) is 0. The number of likely N-dealkylation sites (N-methyl/N-ethyl adjacent to an activating group) is 1. The van der Waals surface area contributed by atoms with Gasteiger partial charge in [-0.05, 0) is 23.9 Å². The van der Waals surface area contributed by atoms with E-state index < -0.39 is 17.8 Å². The van der Waals surface area contributed by atoms with Crippen molar-refractivity contribution in [3.63, 3.8) is 0 Å². The molecule has 27 heavy (non-hydrogen) atoms. The number of rotatable bonds is 4. The summed E-state index contributed by atoms with van der Waals surface area (Å²) >= 11 is 0.994. The van der Waals surface area contributed by atoms with Crippen LogP contribution in [0.1, 0.15) is 10.5 Å². The van der Waals surface area contributed by atoms with Gasteiger partial charge in [0.2, 0.25) is 0 Å². The van der Waals surface area contributed by atoms with Crippen molar-refractivity contribution in [1.82, 2.24) is 14.9 Å². The molecule has 2 aromatic rings. The highest BCUT2D eigenvalue weighted by molar-refractivity contribution is 8.18. The third kappa shape index (κ3) is 4.06. The maximum Gasteiger partial charge on any atom is 0.331 e. The lowest BCUT2D eigenvalue weighted by Gasteiger charge is -2.07. The van der Waals surface area contributed by atoms with Gasteiger partial charge in [0.05, 0.1) is 18.3 Å². The van der Waals surface area contributed by atoms with Gasteiger partial charge in [-0.2, -0.15) is 0 Å². The number of carbonyl (C=O) groups excluding carboxylic acids is 3. The molecule has 0 bridgehead atoms. The maximum absolute atomic E-state index is 12.5. The number of hydrogen-bond acceptors (Lipinski definition) is 7. The van der Waals surface area contributed by atoms with Gasteiger partial charge < -0.3 is 15.0 Å². The van der Waals surface area contributed by atoms with Crippen LogP contribution in [-0.2, 0) is 14.3 Å². The minimum Gasteiger partial charge on any atom is -0.466 e. The van der Waals surface area contributed by atoms with Crippen molar-refractivity contribution in [1.29, 1.82) is 0 Å². The average Bonchev–Trinajstić information content (AvgIpc) is 3.23. The minimum atomic E-state index is -0.636. The average molecular weight is 385 g/mol. The van der Waals surface area contributed by atoms with Gasteiger partial charge in [0.25, 0.3) is 11.8 Å². The topological polar surface area (TPSA) is 117 Å². The van der Waals surface area contributed by atoms with Gasteiger partial charge in [0.1, 0.15) is 0 Å². The molecular weight excluding hydrogens is 370 g/mol. The predicted octanol–water partition coefficient (Wildman–Crippen LogP) is 1.91. The quantitative estimate of drug-likeness (QED) is 0.613. The lowest BCUT2D eigenvalue weighted by Crippen LogP contribution is -2.24. The van der Waals surface area contributed by atoms with Crippen LogP contribution >= 0.6 is 11.8 Å². The third-order valence-corrected chi connectivity index (χ3v) is 4.59. The summed E-state index contributed by atoms with van der Waals surface area (Å²) < 4.78 is 4.53. The molecule has 1 aromatic carbocycles. The van der Waals surface area contributed by atoms with Crippen LogP contribution in [0.2, 0.25) is 0 Å². The molecule has 1 fully saturated rings. The van der Waals surface area contributed by atoms with Crippen molar-refractivity contribution in [3.8, 4) is 0 Å². The smallest absolute Gasteiger partial charge is 0.331 e. The molecule has 2 N–H and O–H groups in total. The second-order valence-corrected chi connectivity index (χ2v) is 6.32. The predicted molar refractivity (Wildman–Crippen MR) is 101 cm³/mol. The fourth-order valence-corrected chi connectivity index (χ4v) is 3.09. The van der Waals surface area contributed by atoms with E-state index >= 15 is 0 Å². The van der Waals surface area contributed by atoms with E-state index in [1.54, 1.807) is 24.3 Å². The molecule has 2 heterocycles. The Morgan fingerprint density at radius 1 is 1.33 bits per heavy atom. The number of para-hydroxylation sites is 1. The van der Waals surface area contributed by atoms with E-state index in [9.17, 15) is 14.4 Å². The van der Waals surface area contributed by atoms with Crippen LogP contribution < -0.4 is 5.32 Å². The van der Waals surface area contributed by atoms with Gasteiger partial charge in [0, 0.05) is 18.8 Å². The molecule has 9 nitrogen and oxygen atoms in total. The zero-order chi connectivity index (χ0) is 19.4. The van der Waals surface area contributed by atoms with E-state index in [4.69, 9.17) is 0 Å². The number of ether oxygens (including phenoxy) is 1. The number of methoxy groups -OCH3 is 1. The SMILES string of the molecule is COC(=O)C=C1SC(=Nc2nc[nH]c2C(=O)Nc2ccccc2)N(C)C1=O. The maximum atomic E-state index is 12.5. The van der Waals surface area contributed by atoms with Crippen LogP contribution in [0.4, 0.5) is 11.5 Å². The van der Waals surface area contributed by atoms with E-state index in [0.717, 1.165) is 17.8 Å². The van der Waals surface area contributed by atoms with Gasteiger partial charge >= 0.3 is 5.97 Å². The number of hydrogen-bond donors (Lipinski definition) is 2. The number of aromatic amines is 1. The minimum absolute atomic E-state index is 0.130. The molecule has 10 heteroatoms. The van der Waals surface area contributed by atoms with Crippen molar-refractivity contribution in [2.75, 3.05) is 19.5 Å². The number of H-pyrrole nitrogens is 1. The Morgan fingerprint density at radius 3 is 2.78 bits per heavy atom. The van der Waals surface area contributed by atoms with Crippen LogP contribution in [0.25, 0.3) is 0 Å². The molecule has 138 valence electrons. The summed E-state index contributed by atoms with van der Waals surface area (Å²) in [4.78, 5) is 48.5. The zero-order valence-corrected chi connectivity index (χ0v) is 15.2. The highest BCUT2D eigenvalue weighted by Gasteiger charge is 2.32. The van der Waals surface area contributed by atoms with Gasteiger partial charge in [-0.25, -0.2) is 14.8 Å². The Bertz CT molecular complexity index is 951. The molecule has 0 spiro atoms. The Kier molecular flexibility index (Phi) is 5.36. The van der Waals surface area contributed by atoms with Crippen molar-refractivity contribution >= 4 is 46.2 Å². The Hall–Kier alpha value is -3.40. The highest BCUT2D eigenvalue weighted by atomic mass is 32.2. The van der Waals surface area contributed by atoms with Crippen molar-refractivity contribution in [3.05, 3.63) is 53.3 Å². The number of aliphatic imine (C=N–C) groups is 1. The number of anilines is 1. The van der Waals surface area contributed by atoms with Crippen molar-refractivity contribution in [2.45, 2.75) is 0 Å². The molecule has 1 aromatic heterocycles. The number of esters is 1. The lowest BCUT2D eigenvalue weighted by atomic mass is 10.3. The molecule has 1 aliphatic rings. The molecule has 1 aliphatic heterocycles. The molecule has 3 rings (SSSR count). The molecule has 0 radical (unpaired) electrons. The van der Waals surface area contributed by atoms with Crippen LogP contribution in [-0.4, -0.2) is 52.0 Å². The van der Waals surface area contributed by atoms with Gasteiger partial charge in [-0.3, -0.25) is 14.5 Å². The second-order valence-electron chi connectivity index (χ2n) is 5.31. The molecule has 0 unspecified atom stereocenters. The molecule has 0 atom stereocenters. The number of nitrogens with zero attached hydrogens (tertiary/aromatic N) is 3. The van der Waals surface area contributed by atoms with E-state index in [1.165, 1.54) is 25.4 Å². The largest absolute Gasteiger partial charge is 0.466 e. The first-order chi connectivity index (χ1) is 13.0. The van der Waals surface area contributed by atoms with Crippen molar-refractivity contribution in [2.24, 2.45) is 4.99 Å². The van der Waals surface area contributed by atoms with Crippen LogP contribution in [0, 0.1) is 0 Å². The number of thioether (sulfide) groups is 1. The van der Waals surface area contributed by atoms with Gasteiger partial charge in [-0.15, -0.1) is 0 Å². The van der Waals surface area contributed by atoms with E-state index in [1.807, 2.05) is 6.07 Å². The first-order valence-corrected chi connectivity index (χ1v) is 8.55. The number of benzene rings is 1. The first-order valence-electron chi connectivity index (χ1n) is 7.73. The van der Waals surface area contributed by atoms with E-state index in [2.05, 4.69) is 25.0 Å². The normalized spacial score (nSPS) is 16.8. The zero-order valence-electron chi connectivity index (χ0n) is 14.4. The summed E-state index contributed by atoms with van der Waals surface area (Å²) in [5.41, 5.74) is 0.778. The summed E-state index contributed by atoms with van der Waals surface area (Å²) in [5, 5.41) is 3.02. The highest BCUT2D eigenvalue weighted by Crippen LogP contribution is 2.31. The molecule has 0 aliphatic carbocycles. The number of carbonyl (C=O) groups is 3. The number of imidazole rings is 1. The van der Waals surface area contributed by atoms with Gasteiger partial charge in [0.15, 0.2) is 16.7 Å². The van der Waals surface area contributed by atoms with Gasteiger partial charge in [-0.1, -0.05) is 18.2 Å². The van der Waals surface area contributed by atoms with E-state index in [0.29, 0.717) is 5.69 Å². The number of nitrogens with one attached hydrogen (secondary N) is 2. The number of amidine groups is 1. The standard InChI is InChI=1S/C17H15N5O4S/c1-22-16(25)11(8-12(23)26-2)27-17(22)21-14-13(18-9-19-14)15(24)20-10-6-4-3-5-7-10/h3-9H,1-2H3,(H,18,19)(H,20,24). The fraction of sp³-hybridized carbons (Fsp3) is 0.118. The van der Waals surface area contributed by atoms with Crippen LogP contribution in [0.5, 0.6) is 0 Å². The molecule has 0 saturated carbocycles. The Balaban J connectivity index is 1.83. The first kappa shape index (κ1) is 18.4. The number of aromatic nitrogens is 2. The molecule has 1 saturated heterocycles. The Labute approximate surface area is 158 Å². The monoisotopic (exact) mass is 385 g/mol. The lowest BCUT2D eigenvalue weighted by molar-refractivity contribution is -0.135. The van der Waals surface area contributed by atoms with Crippen LogP contribution in [0.3, 0.4) is 0 Å². The summed E-state index contributed by atoms with van der Waals surface area (Å²) in [6, 6.07) is 8.95. The molecule has 2 amide bonds. The Morgan fingerprint density at radius 2 is 2.07 bits per heavy atom. The summed E-state index contributed by atoms with van der Waals surface area (Å²) in [5.74, 6) is -1.32. The van der Waals surface area contributed by atoms with Crippen molar-refractivity contribution < 1.29 is 19.1 Å². The summed E-state index contributed by atoms with van der Waals surface area (Å²) in [7, 11) is 2.74. The van der Waals surface area contributed by atoms with E-state index in [-0.39, 0.29) is 21.6 Å². The number of amides is 2. The fourth-order valence-electron chi connectivity index (χ4n) is 2.16. The second kappa shape index (κ2) is 7.87.